The number of rotatable bonds is 4. The van der Waals surface area contributed by atoms with Crippen LogP contribution in [0.4, 0.5) is 4.39 Å². The Morgan fingerprint density at radius 3 is 2.15 bits per heavy atom. The lowest BCUT2D eigenvalue weighted by molar-refractivity contribution is 0.243. The fraction of sp³-hybridized carbons (Fsp3) is 1.00. The molecule has 0 amide bonds. The quantitative estimate of drug-likeness (QED) is 0.671. The van der Waals surface area contributed by atoms with Crippen molar-refractivity contribution in [2.75, 3.05) is 52.5 Å². The Morgan fingerprint density at radius 2 is 1.62 bits per heavy atom. The molecule has 78 valence electrons. The molecule has 0 bridgehead atoms. The van der Waals surface area contributed by atoms with Gasteiger partial charge in [-0.25, -0.2) is 4.39 Å². The van der Waals surface area contributed by atoms with Gasteiger partial charge in [0, 0.05) is 32.7 Å². The van der Waals surface area contributed by atoms with E-state index in [0.717, 1.165) is 45.7 Å². The molecule has 0 aromatic carbocycles. The van der Waals surface area contributed by atoms with Crippen LogP contribution in [0, 0.1) is 0 Å². The fourth-order valence-corrected chi connectivity index (χ4v) is 1.77. The van der Waals surface area contributed by atoms with Crippen molar-refractivity contribution in [1.82, 2.24) is 9.80 Å². The standard InChI is InChI=1S/C9H20FN3/c10-2-6-12-4-1-5-13(7-3-11)9-8-12/h1-9,11H2. The summed E-state index contributed by atoms with van der Waals surface area (Å²) in [4.78, 5) is 4.55. The van der Waals surface area contributed by atoms with Gasteiger partial charge in [-0.2, -0.15) is 0 Å². The molecule has 4 heteroatoms. The zero-order valence-electron chi connectivity index (χ0n) is 8.21. The second kappa shape index (κ2) is 6.29. The first-order chi connectivity index (χ1) is 6.36. The van der Waals surface area contributed by atoms with E-state index in [2.05, 4.69) is 9.80 Å². The first-order valence-corrected chi connectivity index (χ1v) is 5.07. The van der Waals surface area contributed by atoms with Gasteiger partial charge in [0.1, 0.15) is 6.67 Å². The van der Waals surface area contributed by atoms with Gasteiger partial charge in [-0.05, 0) is 19.5 Å². The Bertz CT molecular complexity index is 118. The van der Waals surface area contributed by atoms with Gasteiger partial charge in [-0.3, -0.25) is 4.90 Å². The maximum Gasteiger partial charge on any atom is 0.102 e. The van der Waals surface area contributed by atoms with E-state index < -0.39 is 0 Å². The predicted molar refractivity (Wildman–Crippen MR) is 52.5 cm³/mol. The molecule has 13 heavy (non-hydrogen) atoms. The minimum Gasteiger partial charge on any atom is -0.329 e. The molecule has 1 saturated heterocycles. The second-order valence-electron chi connectivity index (χ2n) is 3.51. The summed E-state index contributed by atoms with van der Waals surface area (Å²) in [6.45, 7) is 6.24. The minimum atomic E-state index is -0.225. The van der Waals surface area contributed by atoms with Gasteiger partial charge >= 0.3 is 0 Å². The molecule has 0 aromatic heterocycles. The zero-order valence-corrected chi connectivity index (χ0v) is 8.21. The number of nitrogens with two attached hydrogens (primary N) is 1. The van der Waals surface area contributed by atoms with Crippen molar-refractivity contribution in [3.05, 3.63) is 0 Å². The SMILES string of the molecule is NCCN1CCCN(CCF)CC1. The fourth-order valence-electron chi connectivity index (χ4n) is 1.77. The maximum absolute atomic E-state index is 12.1. The van der Waals surface area contributed by atoms with E-state index in [1.165, 1.54) is 0 Å². The van der Waals surface area contributed by atoms with E-state index in [-0.39, 0.29) is 6.67 Å². The third kappa shape index (κ3) is 4.02. The first-order valence-electron chi connectivity index (χ1n) is 5.07. The molecule has 1 aliphatic rings. The molecule has 0 radical (unpaired) electrons. The lowest BCUT2D eigenvalue weighted by Gasteiger charge is -2.20. The summed E-state index contributed by atoms with van der Waals surface area (Å²) in [5.41, 5.74) is 5.49. The molecular formula is C9H20FN3. The molecule has 1 aliphatic heterocycles. The van der Waals surface area contributed by atoms with Crippen molar-refractivity contribution in [3.8, 4) is 0 Å². The van der Waals surface area contributed by atoms with Crippen LogP contribution in [0.3, 0.4) is 0 Å². The molecule has 0 spiro atoms. The Balaban J connectivity index is 2.22. The summed E-state index contributed by atoms with van der Waals surface area (Å²) < 4.78 is 12.1. The average molecular weight is 189 g/mol. The average Bonchev–Trinajstić information content (AvgIpc) is 2.33. The van der Waals surface area contributed by atoms with E-state index in [4.69, 9.17) is 5.73 Å². The summed E-state index contributed by atoms with van der Waals surface area (Å²) in [5, 5.41) is 0. The molecular weight excluding hydrogens is 169 g/mol. The molecule has 0 atom stereocenters. The molecule has 2 N–H and O–H groups in total. The molecule has 0 unspecified atom stereocenters. The molecule has 0 aliphatic carbocycles. The highest BCUT2D eigenvalue weighted by Gasteiger charge is 2.13. The van der Waals surface area contributed by atoms with Crippen molar-refractivity contribution in [2.24, 2.45) is 5.73 Å². The molecule has 1 heterocycles. The number of nitrogens with zero attached hydrogens (tertiary/aromatic N) is 2. The van der Waals surface area contributed by atoms with Gasteiger partial charge in [-0.1, -0.05) is 0 Å². The van der Waals surface area contributed by atoms with Crippen molar-refractivity contribution >= 4 is 0 Å². The third-order valence-corrected chi connectivity index (χ3v) is 2.53. The summed E-state index contributed by atoms with van der Waals surface area (Å²) in [6, 6.07) is 0. The summed E-state index contributed by atoms with van der Waals surface area (Å²) in [5.74, 6) is 0. The normalized spacial score (nSPS) is 21.7. The number of alkyl halides is 1. The lowest BCUT2D eigenvalue weighted by Crippen LogP contribution is -2.34. The van der Waals surface area contributed by atoms with Crippen molar-refractivity contribution in [3.63, 3.8) is 0 Å². The van der Waals surface area contributed by atoms with E-state index in [1.807, 2.05) is 0 Å². The monoisotopic (exact) mass is 189 g/mol. The second-order valence-corrected chi connectivity index (χ2v) is 3.51. The van der Waals surface area contributed by atoms with Gasteiger partial charge < -0.3 is 10.6 Å². The van der Waals surface area contributed by atoms with Crippen LogP contribution in [0.15, 0.2) is 0 Å². The Kier molecular flexibility index (Phi) is 5.27. The van der Waals surface area contributed by atoms with Crippen molar-refractivity contribution in [1.29, 1.82) is 0 Å². The maximum atomic E-state index is 12.1. The molecule has 0 aromatic rings. The van der Waals surface area contributed by atoms with E-state index in [9.17, 15) is 4.39 Å². The molecule has 3 nitrogen and oxygen atoms in total. The molecule has 1 rings (SSSR count). The predicted octanol–water partition coefficient (Wildman–Crippen LogP) is -0.0777. The molecule has 0 saturated carbocycles. The Hall–Kier alpha value is -0.190. The Morgan fingerprint density at radius 1 is 1.00 bits per heavy atom. The highest BCUT2D eigenvalue weighted by atomic mass is 19.1. The summed E-state index contributed by atoms with van der Waals surface area (Å²) >= 11 is 0. The van der Waals surface area contributed by atoms with E-state index in [1.54, 1.807) is 0 Å². The zero-order chi connectivity index (χ0) is 9.52. The Labute approximate surface area is 79.7 Å². The topological polar surface area (TPSA) is 32.5 Å². The first kappa shape index (κ1) is 10.9. The largest absolute Gasteiger partial charge is 0.329 e. The van der Waals surface area contributed by atoms with Crippen LogP contribution in [-0.2, 0) is 0 Å². The number of hydrogen-bond acceptors (Lipinski definition) is 3. The van der Waals surface area contributed by atoms with Crippen molar-refractivity contribution < 1.29 is 4.39 Å². The minimum absolute atomic E-state index is 0.225. The number of hydrogen-bond donors (Lipinski definition) is 1. The smallest absolute Gasteiger partial charge is 0.102 e. The van der Waals surface area contributed by atoms with Gasteiger partial charge in [-0.15, -0.1) is 0 Å². The summed E-state index contributed by atoms with van der Waals surface area (Å²) in [6.07, 6.45) is 1.14. The van der Waals surface area contributed by atoms with E-state index >= 15 is 0 Å². The van der Waals surface area contributed by atoms with Gasteiger partial charge in [0.05, 0.1) is 0 Å². The van der Waals surface area contributed by atoms with Gasteiger partial charge in [0.15, 0.2) is 0 Å². The van der Waals surface area contributed by atoms with Crippen LogP contribution >= 0.6 is 0 Å². The van der Waals surface area contributed by atoms with Crippen LogP contribution in [-0.4, -0.2) is 62.3 Å². The highest BCUT2D eigenvalue weighted by molar-refractivity contribution is 4.69. The van der Waals surface area contributed by atoms with E-state index in [0.29, 0.717) is 6.54 Å². The third-order valence-electron chi connectivity index (χ3n) is 2.53. The van der Waals surface area contributed by atoms with Gasteiger partial charge in [0.25, 0.3) is 0 Å². The van der Waals surface area contributed by atoms with Crippen LogP contribution in [0.25, 0.3) is 0 Å². The van der Waals surface area contributed by atoms with Gasteiger partial charge in [0.2, 0.25) is 0 Å². The summed E-state index contributed by atoms with van der Waals surface area (Å²) in [7, 11) is 0. The number of halogens is 1. The van der Waals surface area contributed by atoms with Crippen molar-refractivity contribution in [2.45, 2.75) is 6.42 Å². The van der Waals surface area contributed by atoms with Crippen LogP contribution < -0.4 is 5.73 Å². The van der Waals surface area contributed by atoms with Crippen LogP contribution in [0.1, 0.15) is 6.42 Å². The van der Waals surface area contributed by atoms with Crippen LogP contribution in [0.2, 0.25) is 0 Å². The molecule has 1 fully saturated rings. The highest BCUT2D eigenvalue weighted by Crippen LogP contribution is 2.01. The van der Waals surface area contributed by atoms with Crippen LogP contribution in [0.5, 0.6) is 0 Å². The lowest BCUT2D eigenvalue weighted by atomic mass is 10.4.